The number of hydrogen-bond donors (Lipinski definition) is 0. The minimum atomic E-state index is -0.222. The van der Waals surface area contributed by atoms with Gasteiger partial charge < -0.3 is 0 Å². The first-order valence-corrected chi connectivity index (χ1v) is 10.0. The van der Waals surface area contributed by atoms with Crippen molar-refractivity contribution < 1.29 is 9.59 Å². The fourth-order valence-corrected chi connectivity index (χ4v) is 5.75. The first-order chi connectivity index (χ1) is 12.6. The Balaban J connectivity index is 1.55. The molecule has 2 amide bonds. The van der Waals surface area contributed by atoms with Crippen LogP contribution in [0.15, 0.2) is 41.5 Å². The highest BCUT2D eigenvalue weighted by molar-refractivity contribution is 6.32. The van der Waals surface area contributed by atoms with E-state index in [4.69, 9.17) is 11.6 Å². The molecule has 4 atom stereocenters. The Bertz CT molecular complexity index is 842. The molecule has 2 saturated carbocycles. The molecule has 4 aliphatic rings. The number of fused-ring (bicyclic) bond motifs is 5. The normalized spacial score (nSPS) is 32.8. The Morgan fingerprint density at radius 2 is 1.58 bits per heavy atom. The summed E-state index contributed by atoms with van der Waals surface area (Å²) in [6.07, 6.45) is 10.4. The molecule has 1 saturated heterocycles. The lowest BCUT2D eigenvalue weighted by molar-refractivity contribution is -0.122. The number of nitrogens with zero attached hydrogens (tertiary/aromatic N) is 1. The summed E-state index contributed by atoms with van der Waals surface area (Å²) in [5.41, 5.74) is 4.37. The minimum Gasteiger partial charge on any atom is -0.274 e. The van der Waals surface area contributed by atoms with Gasteiger partial charge in [-0.3, -0.25) is 9.59 Å². The number of imide groups is 1. The third kappa shape index (κ3) is 2.07. The van der Waals surface area contributed by atoms with Crippen LogP contribution in [0.1, 0.15) is 37.7 Å². The maximum atomic E-state index is 13.3. The van der Waals surface area contributed by atoms with Gasteiger partial charge in [0, 0.05) is 16.9 Å². The number of hydrogen-bond acceptors (Lipinski definition) is 2. The second-order valence-corrected chi connectivity index (χ2v) is 8.41. The van der Waals surface area contributed by atoms with Crippen LogP contribution in [0.5, 0.6) is 0 Å². The van der Waals surface area contributed by atoms with Crippen LogP contribution in [0, 0.1) is 30.6 Å². The van der Waals surface area contributed by atoms with Gasteiger partial charge in [0.2, 0.25) is 11.8 Å². The van der Waals surface area contributed by atoms with Crippen molar-refractivity contribution in [2.45, 2.75) is 39.0 Å². The zero-order valence-corrected chi connectivity index (χ0v) is 15.6. The predicted octanol–water partition coefficient (Wildman–Crippen LogP) is 4.83. The van der Waals surface area contributed by atoms with Crippen molar-refractivity contribution in [3.05, 3.63) is 52.1 Å². The Morgan fingerprint density at radius 1 is 0.962 bits per heavy atom. The van der Waals surface area contributed by atoms with Crippen LogP contribution in [-0.2, 0) is 9.59 Å². The molecule has 2 bridgehead atoms. The molecule has 0 radical (unpaired) electrons. The highest BCUT2D eigenvalue weighted by Gasteiger charge is 2.62. The number of benzene rings is 1. The molecule has 1 heterocycles. The standard InChI is InChI=1S/C22H22ClNO2/c1-12-16(23)8-5-9-17(12)24-21(25)19-14-10-11-15(20(19)22(24)26)18(14)13-6-3-2-4-7-13/h5,8-11,14-15,19-20H,2-4,6-7H2,1H3/t14-,15+,19-,20+. The monoisotopic (exact) mass is 367 g/mol. The van der Waals surface area contributed by atoms with Crippen LogP contribution < -0.4 is 4.90 Å². The number of halogens is 1. The summed E-state index contributed by atoms with van der Waals surface area (Å²) in [5.74, 6) is -0.286. The van der Waals surface area contributed by atoms with E-state index in [2.05, 4.69) is 12.2 Å². The smallest absolute Gasteiger partial charge is 0.238 e. The molecule has 0 N–H and O–H groups in total. The van der Waals surface area contributed by atoms with E-state index in [-0.39, 0.29) is 35.5 Å². The zero-order valence-electron chi connectivity index (χ0n) is 14.9. The summed E-state index contributed by atoms with van der Waals surface area (Å²) in [6, 6.07) is 5.43. The lowest BCUT2D eigenvalue weighted by Crippen LogP contribution is -2.34. The molecule has 4 heteroatoms. The average molecular weight is 368 g/mol. The summed E-state index contributed by atoms with van der Waals surface area (Å²) in [6.45, 7) is 1.87. The highest BCUT2D eigenvalue weighted by Crippen LogP contribution is 2.58. The van der Waals surface area contributed by atoms with Gasteiger partial charge in [-0.1, -0.05) is 47.4 Å². The number of allylic oxidation sites excluding steroid dienone is 4. The molecular weight excluding hydrogens is 346 g/mol. The molecule has 3 nitrogen and oxygen atoms in total. The molecular formula is C22H22ClNO2. The van der Waals surface area contributed by atoms with E-state index in [1.165, 1.54) is 35.3 Å². The number of carbonyl (C=O) groups excluding carboxylic acids is 2. The Hall–Kier alpha value is -1.87. The van der Waals surface area contributed by atoms with E-state index in [9.17, 15) is 9.59 Å². The first-order valence-electron chi connectivity index (χ1n) is 9.62. The molecule has 26 heavy (non-hydrogen) atoms. The van der Waals surface area contributed by atoms with Gasteiger partial charge in [0.25, 0.3) is 0 Å². The van der Waals surface area contributed by atoms with Crippen molar-refractivity contribution in [3.63, 3.8) is 0 Å². The van der Waals surface area contributed by atoms with Gasteiger partial charge in [-0.15, -0.1) is 0 Å². The zero-order chi connectivity index (χ0) is 18.0. The molecule has 1 aromatic rings. The van der Waals surface area contributed by atoms with Gasteiger partial charge in [0.1, 0.15) is 0 Å². The van der Waals surface area contributed by atoms with Crippen LogP contribution in [0.3, 0.4) is 0 Å². The van der Waals surface area contributed by atoms with Gasteiger partial charge in [-0.25, -0.2) is 4.90 Å². The topological polar surface area (TPSA) is 37.4 Å². The highest BCUT2D eigenvalue weighted by atomic mass is 35.5. The van der Waals surface area contributed by atoms with E-state index >= 15 is 0 Å². The maximum absolute atomic E-state index is 13.3. The summed E-state index contributed by atoms with van der Waals surface area (Å²) in [4.78, 5) is 28.0. The van der Waals surface area contributed by atoms with Crippen LogP contribution in [0.2, 0.25) is 5.02 Å². The SMILES string of the molecule is Cc1c(Cl)cccc1N1C(=O)[C@@H]2[C@H](C1=O)[C@@H]1C=C[C@H]2C1=C1CCCCC1. The number of carbonyl (C=O) groups is 2. The van der Waals surface area contributed by atoms with Crippen LogP contribution in [0.4, 0.5) is 5.69 Å². The lowest BCUT2D eigenvalue weighted by Gasteiger charge is -2.23. The molecule has 1 aromatic carbocycles. The minimum absolute atomic E-state index is 0.0453. The van der Waals surface area contributed by atoms with E-state index in [0.29, 0.717) is 10.7 Å². The molecule has 3 aliphatic carbocycles. The van der Waals surface area contributed by atoms with Crippen molar-refractivity contribution in [2.24, 2.45) is 23.7 Å². The predicted molar refractivity (Wildman–Crippen MR) is 102 cm³/mol. The Morgan fingerprint density at radius 3 is 2.19 bits per heavy atom. The van der Waals surface area contributed by atoms with Gasteiger partial charge in [-0.2, -0.15) is 0 Å². The quantitative estimate of drug-likeness (QED) is 0.526. The molecule has 5 rings (SSSR count). The van der Waals surface area contributed by atoms with E-state index < -0.39 is 0 Å². The third-order valence-corrected chi connectivity index (χ3v) is 7.17. The van der Waals surface area contributed by atoms with E-state index in [0.717, 1.165) is 18.4 Å². The first kappa shape index (κ1) is 16.3. The van der Waals surface area contributed by atoms with E-state index in [1.807, 2.05) is 19.1 Å². The van der Waals surface area contributed by atoms with E-state index in [1.54, 1.807) is 6.07 Å². The average Bonchev–Trinajstić information content (AvgIpc) is 3.29. The van der Waals surface area contributed by atoms with Crippen molar-refractivity contribution in [1.29, 1.82) is 0 Å². The van der Waals surface area contributed by atoms with Crippen molar-refractivity contribution >= 4 is 29.1 Å². The maximum Gasteiger partial charge on any atom is 0.238 e. The number of rotatable bonds is 1. The summed E-state index contributed by atoms with van der Waals surface area (Å²) in [7, 11) is 0. The van der Waals surface area contributed by atoms with Crippen molar-refractivity contribution in [1.82, 2.24) is 0 Å². The summed E-state index contributed by atoms with van der Waals surface area (Å²) >= 11 is 6.23. The molecule has 0 unspecified atom stereocenters. The van der Waals surface area contributed by atoms with Gasteiger partial charge in [0.05, 0.1) is 17.5 Å². The molecule has 3 fully saturated rings. The number of amides is 2. The Labute approximate surface area is 158 Å². The number of anilines is 1. The lowest BCUT2D eigenvalue weighted by atomic mass is 9.85. The molecule has 1 aliphatic heterocycles. The van der Waals surface area contributed by atoms with Crippen molar-refractivity contribution in [3.8, 4) is 0 Å². The fourth-order valence-electron chi connectivity index (χ4n) is 5.58. The van der Waals surface area contributed by atoms with Gasteiger partial charge in [0.15, 0.2) is 0 Å². The molecule has 0 aromatic heterocycles. The second-order valence-electron chi connectivity index (χ2n) is 8.00. The second kappa shape index (κ2) is 5.82. The fraction of sp³-hybridized carbons (Fsp3) is 0.455. The third-order valence-electron chi connectivity index (χ3n) is 6.76. The summed E-state index contributed by atoms with van der Waals surface area (Å²) < 4.78 is 0. The van der Waals surface area contributed by atoms with Crippen LogP contribution in [-0.4, -0.2) is 11.8 Å². The molecule has 134 valence electrons. The van der Waals surface area contributed by atoms with Crippen molar-refractivity contribution in [2.75, 3.05) is 4.90 Å². The van der Waals surface area contributed by atoms with Gasteiger partial charge >= 0.3 is 0 Å². The van der Waals surface area contributed by atoms with Gasteiger partial charge in [-0.05, 0) is 50.3 Å². The Kier molecular flexibility index (Phi) is 3.65. The van der Waals surface area contributed by atoms with Crippen LogP contribution in [0.25, 0.3) is 0 Å². The molecule has 0 spiro atoms. The van der Waals surface area contributed by atoms with Crippen LogP contribution >= 0.6 is 11.6 Å². The largest absolute Gasteiger partial charge is 0.274 e. The summed E-state index contributed by atoms with van der Waals surface area (Å²) in [5, 5.41) is 0.589.